The molecule has 0 fully saturated rings. The normalized spacial score (nSPS) is 12.4. The Kier molecular flexibility index (Phi) is 4.45. The smallest absolute Gasteiger partial charge is 0.128 e. The first kappa shape index (κ1) is 13.9. The SMILES string of the molecule is Cc1cccc(SCC(N)c2c(C)ccnc2N)c1. The topological polar surface area (TPSA) is 64.9 Å². The molecule has 0 radical (unpaired) electrons. The molecule has 3 nitrogen and oxygen atoms in total. The fourth-order valence-electron chi connectivity index (χ4n) is 2.05. The number of aryl methyl sites for hydroxylation is 2. The minimum atomic E-state index is -0.0980. The minimum absolute atomic E-state index is 0.0980. The molecule has 100 valence electrons. The Hall–Kier alpha value is -1.52. The quantitative estimate of drug-likeness (QED) is 0.840. The van der Waals surface area contributed by atoms with Crippen LogP contribution in [0, 0.1) is 13.8 Å². The summed E-state index contributed by atoms with van der Waals surface area (Å²) in [6.45, 7) is 4.11. The molecule has 1 heterocycles. The van der Waals surface area contributed by atoms with Crippen LogP contribution in [0.5, 0.6) is 0 Å². The third-order valence-corrected chi connectivity index (χ3v) is 4.14. The average molecular weight is 273 g/mol. The number of nitrogens with zero attached hydrogens (tertiary/aromatic N) is 1. The molecule has 1 aromatic carbocycles. The van der Waals surface area contributed by atoms with Crippen LogP contribution in [0.25, 0.3) is 0 Å². The molecule has 4 heteroatoms. The number of hydrogen-bond acceptors (Lipinski definition) is 4. The van der Waals surface area contributed by atoms with Gasteiger partial charge in [-0.1, -0.05) is 17.7 Å². The van der Waals surface area contributed by atoms with Crippen molar-refractivity contribution < 1.29 is 0 Å². The highest BCUT2D eigenvalue weighted by Gasteiger charge is 2.13. The van der Waals surface area contributed by atoms with E-state index in [-0.39, 0.29) is 6.04 Å². The second-order valence-electron chi connectivity index (χ2n) is 4.66. The minimum Gasteiger partial charge on any atom is -0.383 e. The van der Waals surface area contributed by atoms with Crippen molar-refractivity contribution in [3.8, 4) is 0 Å². The molecular formula is C15H19N3S. The molecule has 0 spiro atoms. The molecule has 4 N–H and O–H groups in total. The van der Waals surface area contributed by atoms with E-state index in [0.717, 1.165) is 16.9 Å². The zero-order valence-electron chi connectivity index (χ0n) is 11.3. The molecule has 0 bridgehead atoms. The van der Waals surface area contributed by atoms with Gasteiger partial charge in [0.15, 0.2) is 0 Å². The van der Waals surface area contributed by atoms with Gasteiger partial charge < -0.3 is 11.5 Å². The second-order valence-corrected chi connectivity index (χ2v) is 5.75. The third kappa shape index (κ3) is 3.49. The van der Waals surface area contributed by atoms with Crippen LogP contribution in [-0.4, -0.2) is 10.7 Å². The monoisotopic (exact) mass is 273 g/mol. The Morgan fingerprint density at radius 2 is 2.05 bits per heavy atom. The summed E-state index contributed by atoms with van der Waals surface area (Å²) in [6, 6.07) is 10.3. The van der Waals surface area contributed by atoms with Gasteiger partial charge in [0.25, 0.3) is 0 Å². The lowest BCUT2D eigenvalue weighted by atomic mass is 10.1. The Labute approximate surface area is 118 Å². The van der Waals surface area contributed by atoms with Gasteiger partial charge in [0, 0.05) is 28.5 Å². The van der Waals surface area contributed by atoms with E-state index in [0.29, 0.717) is 5.82 Å². The van der Waals surface area contributed by atoms with Crippen molar-refractivity contribution in [3.05, 3.63) is 53.2 Å². The van der Waals surface area contributed by atoms with E-state index < -0.39 is 0 Å². The van der Waals surface area contributed by atoms with Gasteiger partial charge in [-0.15, -0.1) is 11.8 Å². The molecule has 0 saturated carbocycles. The Morgan fingerprint density at radius 3 is 2.74 bits per heavy atom. The Morgan fingerprint density at radius 1 is 1.26 bits per heavy atom. The molecule has 0 amide bonds. The summed E-state index contributed by atoms with van der Waals surface area (Å²) in [5, 5.41) is 0. The first-order valence-electron chi connectivity index (χ1n) is 6.24. The van der Waals surface area contributed by atoms with Crippen LogP contribution in [0.3, 0.4) is 0 Å². The summed E-state index contributed by atoms with van der Waals surface area (Å²) >= 11 is 1.75. The molecule has 2 rings (SSSR count). The van der Waals surface area contributed by atoms with Crippen molar-refractivity contribution in [1.82, 2.24) is 4.98 Å². The molecule has 1 aromatic heterocycles. The van der Waals surface area contributed by atoms with Gasteiger partial charge in [0.05, 0.1) is 0 Å². The van der Waals surface area contributed by atoms with Crippen LogP contribution >= 0.6 is 11.8 Å². The molecule has 1 atom stereocenters. The van der Waals surface area contributed by atoms with E-state index in [1.54, 1.807) is 18.0 Å². The van der Waals surface area contributed by atoms with Crippen molar-refractivity contribution in [3.63, 3.8) is 0 Å². The van der Waals surface area contributed by atoms with Gasteiger partial charge in [0.2, 0.25) is 0 Å². The van der Waals surface area contributed by atoms with E-state index in [9.17, 15) is 0 Å². The number of nitrogen functional groups attached to an aromatic ring is 1. The Bertz CT molecular complexity index is 549. The molecular weight excluding hydrogens is 254 g/mol. The number of hydrogen-bond donors (Lipinski definition) is 2. The fraction of sp³-hybridized carbons (Fsp3) is 0.267. The van der Waals surface area contributed by atoms with E-state index in [1.807, 2.05) is 13.0 Å². The molecule has 1 unspecified atom stereocenters. The summed E-state index contributed by atoms with van der Waals surface area (Å²) in [4.78, 5) is 5.35. The van der Waals surface area contributed by atoms with Crippen LogP contribution in [0.4, 0.5) is 5.82 Å². The maximum absolute atomic E-state index is 6.24. The van der Waals surface area contributed by atoms with Crippen molar-refractivity contribution in [2.24, 2.45) is 5.73 Å². The highest BCUT2D eigenvalue weighted by atomic mass is 32.2. The molecule has 0 aliphatic rings. The molecule has 19 heavy (non-hydrogen) atoms. The number of pyridine rings is 1. The highest BCUT2D eigenvalue weighted by molar-refractivity contribution is 7.99. The van der Waals surface area contributed by atoms with E-state index >= 15 is 0 Å². The van der Waals surface area contributed by atoms with Crippen LogP contribution in [0.15, 0.2) is 41.4 Å². The summed E-state index contributed by atoms with van der Waals surface area (Å²) < 4.78 is 0. The van der Waals surface area contributed by atoms with Gasteiger partial charge in [-0.3, -0.25) is 0 Å². The molecule has 0 aliphatic carbocycles. The average Bonchev–Trinajstić information content (AvgIpc) is 2.36. The molecule has 0 saturated heterocycles. The largest absolute Gasteiger partial charge is 0.383 e. The first-order valence-corrected chi connectivity index (χ1v) is 7.22. The molecule has 0 aliphatic heterocycles. The highest BCUT2D eigenvalue weighted by Crippen LogP contribution is 2.27. The lowest BCUT2D eigenvalue weighted by Crippen LogP contribution is -2.17. The van der Waals surface area contributed by atoms with Crippen molar-refractivity contribution >= 4 is 17.6 Å². The number of rotatable bonds is 4. The summed E-state index contributed by atoms with van der Waals surface area (Å²) in [5.41, 5.74) is 15.5. The summed E-state index contributed by atoms with van der Waals surface area (Å²) in [6.07, 6.45) is 1.72. The number of nitrogens with two attached hydrogens (primary N) is 2. The van der Waals surface area contributed by atoms with E-state index in [2.05, 4.69) is 36.2 Å². The van der Waals surface area contributed by atoms with Crippen molar-refractivity contribution in [2.45, 2.75) is 24.8 Å². The van der Waals surface area contributed by atoms with Crippen LogP contribution in [0.2, 0.25) is 0 Å². The third-order valence-electron chi connectivity index (χ3n) is 3.03. The fourth-order valence-corrected chi connectivity index (χ4v) is 3.03. The zero-order chi connectivity index (χ0) is 13.8. The Balaban J connectivity index is 2.07. The predicted molar refractivity (Wildman–Crippen MR) is 82.2 cm³/mol. The van der Waals surface area contributed by atoms with Gasteiger partial charge in [-0.2, -0.15) is 0 Å². The maximum atomic E-state index is 6.24. The number of aromatic nitrogens is 1. The number of anilines is 1. The zero-order valence-corrected chi connectivity index (χ0v) is 12.1. The van der Waals surface area contributed by atoms with E-state index in [4.69, 9.17) is 11.5 Å². The van der Waals surface area contributed by atoms with Crippen molar-refractivity contribution in [2.75, 3.05) is 11.5 Å². The van der Waals surface area contributed by atoms with Gasteiger partial charge >= 0.3 is 0 Å². The standard InChI is InChI=1S/C15H19N3S/c1-10-4-3-5-12(8-10)19-9-13(16)14-11(2)6-7-18-15(14)17/h3-8,13H,9,16H2,1-2H3,(H2,17,18). The van der Waals surface area contributed by atoms with Gasteiger partial charge in [-0.05, 0) is 37.6 Å². The first-order chi connectivity index (χ1) is 9.08. The van der Waals surface area contributed by atoms with Gasteiger partial charge in [-0.25, -0.2) is 4.98 Å². The van der Waals surface area contributed by atoms with Gasteiger partial charge in [0.1, 0.15) is 5.82 Å². The number of thioether (sulfide) groups is 1. The lowest BCUT2D eigenvalue weighted by molar-refractivity contribution is 0.819. The maximum Gasteiger partial charge on any atom is 0.128 e. The summed E-state index contributed by atoms with van der Waals surface area (Å²) in [5.74, 6) is 1.33. The van der Waals surface area contributed by atoms with Crippen LogP contribution < -0.4 is 11.5 Å². The number of benzene rings is 1. The lowest BCUT2D eigenvalue weighted by Gasteiger charge is -2.16. The predicted octanol–water partition coefficient (Wildman–Crippen LogP) is 3.07. The van der Waals surface area contributed by atoms with Crippen LogP contribution in [-0.2, 0) is 0 Å². The molecule has 2 aromatic rings. The van der Waals surface area contributed by atoms with Crippen LogP contribution in [0.1, 0.15) is 22.7 Å². The van der Waals surface area contributed by atoms with Crippen molar-refractivity contribution in [1.29, 1.82) is 0 Å². The second kappa shape index (κ2) is 6.08. The summed E-state index contributed by atoms with van der Waals surface area (Å²) in [7, 11) is 0. The van der Waals surface area contributed by atoms with E-state index in [1.165, 1.54) is 10.5 Å².